The Balaban J connectivity index is 0.652. The number of carbonyl (C=O) groups is 3. The Morgan fingerprint density at radius 1 is 0.873 bits per heavy atom. The molecular formula is C53H63N11O7. The van der Waals surface area contributed by atoms with E-state index in [1.54, 1.807) is 41.4 Å². The van der Waals surface area contributed by atoms with Crippen LogP contribution in [0, 0.1) is 0 Å². The first kappa shape index (κ1) is 48.9. The van der Waals surface area contributed by atoms with Gasteiger partial charge in [-0.1, -0.05) is 13.0 Å². The van der Waals surface area contributed by atoms with Crippen molar-refractivity contribution in [2.45, 2.75) is 71.7 Å². The molecule has 3 amide bonds. The maximum absolute atomic E-state index is 13.8. The van der Waals surface area contributed by atoms with Gasteiger partial charge in [-0.2, -0.15) is 0 Å². The van der Waals surface area contributed by atoms with Gasteiger partial charge >= 0.3 is 0 Å². The van der Waals surface area contributed by atoms with Crippen molar-refractivity contribution in [1.82, 2.24) is 44.5 Å². The minimum Gasteiger partial charge on any atom is -0.508 e. The summed E-state index contributed by atoms with van der Waals surface area (Å²) in [6.45, 7) is 14.7. The van der Waals surface area contributed by atoms with Crippen molar-refractivity contribution in [3.05, 3.63) is 135 Å². The highest BCUT2D eigenvalue weighted by Gasteiger charge is 2.31. The molecule has 3 aliphatic heterocycles. The maximum Gasteiger partial charge on any atom is 0.291 e. The molecule has 2 aromatic carbocycles. The Kier molecular flexibility index (Phi) is 15.3. The number of H-pyrrole nitrogens is 1. The van der Waals surface area contributed by atoms with E-state index in [-0.39, 0.29) is 41.2 Å². The summed E-state index contributed by atoms with van der Waals surface area (Å²) >= 11 is 0. The predicted octanol–water partition coefficient (Wildman–Crippen LogP) is 5.43. The van der Waals surface area contributed by atoms with E-state index in [0.717, 1.165) is 98.7 Å². The van der Waals surface area contributed by atoms with Crippen LogP contribution in [0.15, 0.2) is 90.0 Å². The molecule has 0 saturated carbocycles. The Hall–Kier alpha value is -7.15. The molecule has 2 fully saturated rings. The third kappa shape index (κ3) is 11.9. The second kappa shape index (κ2) is 22.3. The zero-order valence-corrected chi connectivity index (χ0v) is 40.7. The first-order valence-corrected chi connectivity index (χ1v) is 24.8. The van der Waals surface area contributed by atoms with E-state index in [9.17, 15) is 24.3 Å². The lowest BCUT2D eigenvalue weighted by molar-refractivity contribution is 0.00708. The fourth-order valence-corrected chi connectivity index (χ4v) is 9.65. The number of aromatic hydroxyl groups is 1. The number of nitrogens with one attached hydrogen (secondary N) is 3. The van der Waals surface area contributed by atoms with Crippen molar-refractivity contribution >= 4 is 40.1 Å². The van der Waals surface area contributed by atoms with E-state index in [1.165, 1.54) is 12.1 Å². The average molecular weight is 966 g/mol. The molecule has 4 N–H and O–H groups in total. The number of aromatic amines is 1. The van der Waals surface area contributed by atoms with Gasteiger partial charge in [0.25, 0.3) is 23.3 Å². The van der Waals surface area contributed by atoms with E-state index in [2.05, 4.69) is 40.3 Å². The lowest BCUT2D eigenvalue weighted by atomic mass is 10.1. The summed E-state index contributed by atoms with van der Waals surface area (Å²) in [6.07, 6.45) is 6.79. The second-order valence-electron chi connectivity index (χ2n) is 18.7. The smallest absolute Gasteiger partial charge is 0.291 e. The van der Waals surface area contributed by atoms with Crippen molar-refractivity contribution in [2.75, 3.05) is 82.3 Å². The summed E-state index contributed by atoms with van der Waals surface area (Å²) in [5, 5.41) is 15.4. The largest absolute Gasteiger partial charge is 0.508 e. The van der Waals surface area contributed by atoms with Crippen LogP contribution in [0.2, 0.25) is 0 Å². The van der Waals surface area contributed by atoms with E-state index in [1.807, 2.05) is 61.9 Å². The summed E-state index contributed by atoms with van der Waals surface area (Å²) < 4.78 is 14.2. The number of hydrogen-bond acceptors (Lipinski definition) is 13. The molecule has 3 aliphatic rings. The van der Waals surface area contributed by atoms with Gasteiger partial charge in [0, 0.05) is 107 Å². The molecule has 0 spiro atoms. The summed E-state index contributed by atoms with van der Waals surface area (Å²) in [5.41, 5.74) is 7.42. The number of aryl methyl sites for hydroxylation is 1. The topological polar surface area (TPSA) is 203 Å². The highest BCUT2D eigenvalue weighted by atomic mass is 16.5. The highest BCUT2D eigenvalue weighted by molar-refractivity contribution is 6.02. The molecule has 18 heteroatoms. The molecule has 0 aliphatic carbocycles. The highest BCUT2D eigenvalue weighted by Crippen LogP contribution is 2.27. The number of imidazole rings is 1. The van der Waals surface area contributed by atoms with Crippen molar-refractivity contribution < 1.29 is 29.0 Å². The Labute approximate surface area is 413 Å². The zero-order valence-electron chi connectivity index (χ0n) is 40.7. The maximum atomic E-state index is 13.8. The Morgan fingerprint density at radius 2 is 1.68 bits per heavy atom. The van der Waals surface area contributed by atoms with Crippen LogP contribution in [0.5, 0.6) is 11.5 Å². The van der Waals surface area contributed by atoms with E-state index in [4.69, 9.17) is 14.5 Å². The summed E-state index contributed by atoms with van der Waals surface area (Å²) in [7, 11) is 0. The number of nitrogens with zero attached hydrogens (tertiary/aromatic N) is 8. The predicted molar refractivity (Wildman–Crippen MR) is 270 cm³/mol. The second-order valence-corrected chi connectivity index (χ2v) is 18.7. The van der Waals surface area contributed by atoms with Crippen LogP contribution in [0.25, 0.3) is 11.0 Å². The SMILES string of the molecule is CCc1cc2ncc(CN3CCN(c4ccc(C(=O)NCCOC5CCN(CCOc6cccc(C(=O)N7CCc8c(nc(C(=O)Nc9ccc(O)cc9)n8C(C)C)C7)c6)CC5)nc4)CC3)cc2[nH]c1=O. The molecule has 0 atom stereocenters. The number of pyridine rings is 3. The molecule has 18 nitrogen and oxygen atoms in total. The summed E-state index contributed by atoms with van der Waals surface area (Å²) in [6, 6.07) is 21.2. The number of ether oxygens (including phenoxy) is 2. The Bertz CT molecular complexity index is 2890. The molecule has 0 bridgehead atoms. The number of hydrogen-bond donors (Lipinski definition) is 4. The van der Waals surface area contributed by atoms with Gasteiger partial charge in [-0.3, -0.25) is 34.0 Å². The Morgan fingerprint density at radius 3 is 2.42 bits per heavy atom. The quantitative estimate of drug-likeness (QED) is 0.0667. The summed E-state index contributed by atoms with van der Waals surface area (Å²) in [4.78, 5) is 77.9. The number of aromatic nitrogens is 5. The number of rotatable bonds is 17. The number of piperidine rings is 1. The normalized spacial score (nSPS) is 15.8. The lowest BCUT2D eigenvalue weighted by Crippen LogP contribution is -2.46. The van der Waals surface area contributed by atoms with Gasteiger partial charge in [0.15, 0.2) is 5.82 Å². The average Bonchev–Trinajstić information content (AvgIpc) is 3.78. The third-order valence-corrected chi connectivity index (χ3v) is 13.5. The number of phenolic OH excluding ortho intramolecular Hbond substituents is 1. The molecule has 0 radical (unpaired) electrons. The van der Waals surface area contributed by atoms with Crippen molar-refractivity contribution in [1.29, 1.82) is 0 Å². The van der Waals surface area contributed by atoms with Crippen molar-refractivity contribution in [2.24, 2.45) is 0 Å². The number of carbonyl (C=O) groups excluding carboxylic acids is 3. The van der Waals surface area contributed by atoms with Gasteiger partial charge in [0.05, 0.1) is 47.9 Å². The minimum atomic E-state index is -0.350. The van der Waals surface area contributed by atoms with Crippen LogP contribution in [-0.2, 0) is 30.7 Å². The van der Waals surface area contributed by atoms with E-state index < -0.39 is 0 Å². The molecule has 4 aromatic heterocycles. The van der Waals surface area contributed by atoms with Gasteiger partial charge < -0.3 is 44.6 Å². The number of likely N-dealkylation sites (tertiary alicyclic amines) is 1. The van der Waals surface area contributed by atoms with Gasteiger partial charge in [-0.25, -0.2) is 9.97 Å². The van der Waals surface area contributed by atoms with Crippen LogP contribution in [0.3, 0.4) is 0 Å². The molecule has 6 aromatic rings. The fraction of sp³-hybridized carbons (Fsp3) is 0.415. The first-order chi connectivity index (χ1) is 34.5. The zero-order chi connectivity index (χ0) is 49.4. The van der Waals surface area contributed by atoms with Gasteiger partial charge in [0.2, 0.25) is 0 Å². The molecule has 9 rings (SSSR count). The van der Waals surface area contributed by atoms with Crippen molar-refractivity contribution in [3.8, 4) is 11.5 Å². The number of anilines is 2. The van der Waals surface area contributed by atoms with E-state index in [0.29, 0.717) is 79.9 Å². The summed E-state index contributed by atoms with van der Waals surface area (Å²) in [5.74, 6) is 0.338. The van der Waals surface area contributed by atoms with Crippen LogP contribution >= 0.6 is 0 Å². The van der Waals surface area contributed by atoms with Gasteiger partial charge in [-0.05, 0) is 105 Å². The number of benzene rings is 2. The van der Waals surface area contributed by atoms with Crippen LogP contribution in [0.4, 0.5) is 11.4 Å². The van der Waals surface area contributed by atoms with Gasteiger partial charge in [-0.15, -0.1) is 0 Å². The monoisotopic (exact) mass is 965 g/mol. The fourth-order valence-electron chi connectivity index (χ4n) is 9.65. The minimum absolute atomic E-state index is 0.0108. The van der Waals surface area contributed by atoms with Crippen LogP contribution in [-0.4, -0.2) is 140 Å². The number of amides is 3. The molecule has 0 unspecified atom stereocenters. The third-order valence-electron chi connectivity index (χ3n) is 13.5. The number of fused-ring (bicyclic) bond motifs is 2. The first-order valence-electron chi connectivity index (χ1n) is 24.8. The molecule has 372 valence electrons. The van der Waals surface area contributed by atoms with Crippen LogP contribution < -0.4 is 25.8 Å². The molecule has 7 heterocycles. The van der Waals surface area contributed by atoms with E-state index >= 15 is 0 Å². The molecular weight excluding hydrogens is 903 g/mol. The number of piperazine rings is 1. The lowest BCUT2D eigenvalue weighted by Gasteiger charge is -2.36. The van der Waals surface area contributed by atoms with Gasteiger partial charge in [0.1, 0.15) is 23.8 Å². The van der Waals surface area contributed by atoms with Crippen LogP contribution in [0.1, 0.15) is 93.6 Å². The number of phenols is 1. The molecule has 71 heavy (non-hydrogen) atoms. The van der Waals surface area contributed by atoms with Crippen molar-refractivity contribution in [3.63, 3.8) is 0 Å². The molecule has 2 saturated heterocycles. The standard InChI is InChI=1S/C53H63N11O7/c1-4-37-30-45-46(59-50(37)66)28-36(31-55-45)33-61-21-23-62(24-22-61)40-10-13-44(56-32-40)51(67)54-17-26-70-42-14-18-60(19-15-42)25-27-71-43-7-5-6-38(29-43)53(69)63-20-16-48-47(34-63)58-49(64(48)35(2)3)52(68)57-39-8-11-41(65)12-9-39/h5-13,28-32,35,42,65H,4,14-27,33-34H2,1-3H3,(H,54,67)(H,57,68)(H,59,66).